The summed E-state index contributed by atoms with van der Waals surface area (Å²) in [5.74, 6) is -1.38. The van der Waals surface area contributed by atoms with E-state index in [1.165, 1.54) is 6.92 Å². The highest BCUT2D eigenvalue weighted by Crippen LogP contribution is 2.25. The molecule has 0 aliphatic heterocycles. The number of carboxylic acid groups (broad SMARTS) is 1. The van der Waals surface area contributed by atoms with Gasteiger partial charge in [0.1, 0.15) is 17.1 Å². The van der Waals surface area contributed by atoms with Gasteiger partial charge in [0.25, 0.3) is 0 Å². The van der Waals surface area contributed by atoms with Crippen LogP contribution in [0.1, 0.15) is 39.5 Å². The largest absolute Gasteiger partial charge is 0.480 e. The molecule has 6 heteroatoms. The molecular weight excluding hydrogens is 256 g/mol. The van der Waals surface area contributed by atoms with E-state index in [0.29, 0.717) is 5.92 Å². The number of rotatable bonds is 5. The van der Waals surface area contributed by atoms with E-state index in [4.69, 9.17) is 9.84 Å². The van der Waals surface area contributed by atoms with Crippen LogP contribution in [0.3, 0.4) is 0 Å². The quantitative estimate of drug-likeness (QED) is 0.766. The second-order valence-electron chi connectivity index (χ2n) is 4.88. The predicted octanol–water partition coefficient (Wildman–Crippen LogP) is 1.33. The summed E-state index contributed by atoms with van der Waals surface area (Å²) in [5.41, 5.74) is 0. The van der Waals surface area contributed by atoms with E-state index in [1.807, 2.05) is 0 Å². The fourth-order valence-electron chi connectivity index (χ4n) is 1.92. The highest BCUT2D eigenvalue weighted by atomic mass is 32.2. The molecule has 0 aromatic heterocycles. The first kappa shape index (κ1) is 15.1. The number of carboxylic acids is 1. The van der Waals surface area contributed by atoms with Gasteiger partial charge in [-0.25, -0.2) is 0 Å². The monoisotopic (exact) mass is 276 g/mol. The van der Waals surface area contributed by atoms with Crippen molar-refractivity contribution in [2.24, 2.45) is 5.92 Å². The SMILES string of the molecule is CC1CCC(OC(=O)CS(=O)C(C)C(=O)O)CC1. The lowest BCUT2D eigenvalue weighted by atomic mass is 9.89. The first-order valence-electron chi connectivity index (χ1n) is 6.19. The molecule has 1 rings (SSSR count). The lowest BCUT2D eigenvalue weighted by molar-refractivity contribution is -0.147. The molecule has 0 aromatic carbocycles. The Kier molecular flexibility index (Phi) is 5.78. The molecule has 104 valence electrons. The molecule has 0 heterocycles. The predicted molar refractivity (Wildman–Crippen MR) is 67.6 cm³/mol. The van der Waals surface area contributed by atoms with Crippen molar-refractivity contribution in [2.45, 2.75) is 50.9 Å². The van der Waals surface area contributed by atoms with Crippen molar-refractivity contribution in [2.75, 3.05) is 5.75 Å². The summed E-state index contributed by atoms with van der Waals surface area (Å²) in [4.78, 5) is 22.1. The molecular formula is C12H20O5S. The van der Waals surface area contributed by atoms with E-state index in [2.05, 4.69) is 6.92 Å². The van der Waals surface area contributed by atoms with Crippen LogP contribution in [-0.2, 0) is 25.1 Å². The van der Waals surface area contributed by atoms with Crippen LogP contribution >= 0.6 is 0 Å². The van der Waals surface area contributed by atoms with E-state index in [-0.39, 0.29) is 11.9 Å². The van der Waals surface area contributed by atoms with Crippen LogP contribution in [0.2, 0.25) is 0 Å². The maximum absolute atomic E-state index is 11.5. The summed E-state index contributed by atoms with van der Waals surface area (Å²) < 4.78 is 16.7. The molecule has 0 bridgehead atoms. The van der Waals surface area contributed by atoms with Crippen molar-refractivity contribution in [3.63, 3.8) is 0 Å². The summed E-state index contributed by atoms with van der Waals surface area (Å²) >= 11 is 0. The normalized spacial score (nSPS) is 27.2. The van der Waals surface area contributed by atoms with Gasteiger partial charge in [-0.15, -0.1) is 0 Å². The number of hydrogen-bond donors (Lipinski definition) is 1. The van der Waals surface area contributed by atoms with Crippen molar-refractivity contribution in [1.29, 1.82) is 0 Å². The number of hydrogen-bond acceptors (Lipinski definition) is 4. The summed E-state index contributed by atoms with van der Waals surface area (Å²) in [6.07, 6.45) is 3.66. The number of esters is 1. The van der Waals surface area contributed by atoms with Gasteiger partial charge in [0.15, 0.2) is 0 Å². The zero-order valence-electron chi connectivity index (χ0n) is 10.8. The average Bonchev–Trinajstić information content (AvgIpc) is 2.30. The summed E-state index contributed by atoms with van der Waals surface area (Å²) in [6.45, 7) is 3.50. The minimum absolute atomic E-state index is 0.0918. The molecule has 0 spiro atoms. The van der Waals surface area contributed by atoms with Gasteiger partial charge < -0.3 is 9.84 Å². The second-order valence-corrected chi connectivity index (χ2v) is 6.63. The summed E-state index contributed by atoms with van der Waals surface area (Å²) in [7, 11) is -1.71. The van der Waals surface area contributed by atoms with Crippen LogP contribution in [0.4, 0.5) is 0 Å². The van der Waals surface area contributed by atoms with Gasteiger partial charge in [-0.2, -0.15) is 0 Å². The van der Waals surface area contributed by atoms with Crippen LogP contribution in [0.25, 0.3) is 0 Å². The Morgan fingerprint density at radius 2 is 1.89 bits per heavy atom. The molecule has 2 atom stereocenters. The smallest absolute Gasteiger partial charge is 0.318 e. The van der Waals surface area contributed by atoms with E-state index < -0.39 is 28.0 Å². The number of aliphatic carboxylic acids is 1. The number of ether oxygens (including phenoxy) is 1. The van der Waals surface area contributed by atoms with Crippen LogP contribution in [0.15, 0.2) is 0 Å². The highest BCUT2D eigenvalue weighted by molar-refractivity contribution is 7.87. The van der Waals surface area contributed by atoms with Crippen LogP contribution in [0.5, 0.6) is 0 Å². The summed E-state index contributed by atoms with van der Waals surface area (Å²) in [5, 5.41) is 7.63. The lowest BCUT2D eigenvalue weighted by Gasteiger charge is -2.25. The van der Waals surface area contributed by atoms with Crippen LogP contribution in [-0.4, -0.2) is 38.4 Å². The Balaban J connectivity index is 2.33. The Morgan fingerprint density at radius 3 is 2.39 bits per heavy atom. The van der Waals surface area contributed by atoms with Crippen molar-refractivity contribution in [3.05, 3.63) is 0 Å². The molecule has 0 amide bonds. The van der Waals surface area contributed by atoms with E-state index >= 15 is 0 Å². The fourth-order valence-corrected chi connectivity index (χ4v) is 2.70. The molecule has 0 aromatic rings. The topological polar surface area (TPSA) is 80.7 Å². The minimum atomic E-state index is -1.71. The molecule has 1 saturated carbocycles. The van der Waals surface area contributed by atoms with Crippen LogP contribution in [0, 0.1) is 5.92 Å². The van der Waals surface area contributed by atoms with Gasteiger partial charge in [-0.3, -0.25) is 13.8 Å². The van der Waals surface area contributed by atoms with E-state index in [9.17, 15) is 13.8 Å². The molecule has 18 heavy (non-hydrogen) atoms. The van der Waals surface area contributed by atoms with Gasteiger partial charge in [-0.05, 0) is 38.5 Å². The molecule has 2 unspecified atom stereocenters. The van der Waals surface area contributed by atoms with Gasteiger partial charge >= 0.3 is 11.9 Å². The van der Waals surface area contributed by atoms with Crippen LogP contribution < -0.4 is 0 Å². The third kappa shape index (κ3) is 4.76. The summed E-state index contributed by atoms with van der Waals surface area (Å²) in [6, 6.07) is 0. The molecule has 1 aliphatic carbocycles. The fraction of sp³-hybridized carbons (Fsp3) is 0.833. The molecule has 1 N–H and O–H groups in total. The number of carbonyl (C=O) groups excluding carboxylic acids is 1. The first-order valence-corrected chi connectivity index (χ1v) is 7.57. The Morgan fingerprint density at radius 1 is 1.33 bits per heavy atom. The molecule has 0 radical (unpaired) electrons. The van der Waals surface area contributed by atoms with Crippen molar-refractivity contribution >= 4 is 22.7 Å². The van der Waals surface area contributed by atoms with Crippen molar-refractivity contribution < 1.29 is 23.6 Å². The maximum Gasteiger partial charge on any atom is 0.318 e. The minimum Gasteiger partial charge on any atom is -0.480 e. The van der Waals surface area contributed by atoms with Crippen molar-refractivity contribution in [1.82, 2.24) is 0 Å². The van der Waals surface area contributed by atoms with Gasteiger partial charge in [0.05, 0.1) is 0 Å². The third-order valence-electron chi connectivity index (χ3n) is 3.26. The number of carbonyl (C=O) groups is 2. The Hall–Kier alpha value is -0.910. The van der Waals surface area contributed by atoms with Crippen molar-refractivity contribution in [3.8, 4) is 0 Å². The third-order valence-corrected chi connectivity index (χ3v) is 4.77. The highest BCUT2D eigenvalue weighted by Gasteiger charge is 2.25. The molecule has 0 saturated heterocycles. The zero-order chi connectivity index (χ0) is 13.7. The standard InChI is InChI=1S/C12H20O5S/c1-8-3-5-10(6-4-8)17-11(13)7-18(16)9(2)12(14)15/h8-10H,3-7H2,1-2H3,(H,14,15). The maximum atomic E-state index is 11.5. The molecule has 1 aliphatic rings. The first-order chi connectivity index (χ1) is 8.40. The second kappa shape index (κ2) is 6.87. The van der Waals surface area contributed by atoms with E-state index in [0.717, 1.165) is 25.7 Å². The van der Waals surface area contributed by atoms with Gasteiger partial charge in [0.2, 0.25) is 0 Å². The molecule has 1 fully saturated rings. The van der Waals surface area contributed by atoms with Gasteiger partial charge in [-0.1, -0.05) is 6.92 Å². The Labute approximate surface area is 109 Å². The zero-order valence-corrected chi connectivity index (χ0v) is 11.6. The van der Waals surface area contributed by atoms with E-state index in [1.54, 1.807) is 0 Å². The lowest BCUT2D eigenvalue weighted by Crippen LogP contribution is -2.30. The Bertz CT molecular complexity index is 333. The average molecular weight is 276 g/mol. The molecule has 5 nitrogen and oxygen atoms in total. The van der Waals surface area contributed by atoms with Gasteiger partial charge in [0, 0.05) is 10.8 Å².